The molecule has 5 rings (SSSR count). The van der Waals surface area contributed by atoms with Crippen molar-refractivity contribution in [3.63, 3.8) is 0 Å². The number of aliphatic hydroxyl groups excluding tert-OH is 1. The number of ether oxygens (including phenoxy) is 1. The molecule has 1 amide bonds. The lowest BCUT2D eigenvalue weighted by Crippen LogP contribution is -2.14. The number of amides is 1. The molecule has 0 saturated heterocycles. The highest BCUT2D eigenvalue weighted by atomic mass is 35.5. The highest BCUT2D eigenvalue weighted by Crippen LogP contribution is 2.43. The van der Waals surface area contributed by atoms with E-state index < -0.39 is 17.8 Å². The van der Waals surface area contributed by atoms with Gasteiger partial charge in [-0.15, -0.1) is 10.2 Å². The number of carbonyl (C=O) groups excluding carboxylic acids is 1. The predicted molar refractivity (Wildman–Crippen MR) is 141 cm³/mol. The molecule has 192 valence electrons. The van der Waals surface area contributed by atoms with Crippen LogP contribution in [0, 0.1) is 24.1 Å². The van der Waals surface area contributed by atoms with Crippen molar-refractivity contribution in [2.75, 3.05) is 12.4 Å². The van der Waals surface area contributed by atoms with Gasteiger partial charge in [0, 0.05) is 22.7 Å². The summed E-state index contributed by atoms with van der Waals surface area (Å²) in [5.41, 5.74) is 3.11. The summed E-state index contributed by atoms with van der Waals surface area (Å²) in [5, 5.41) is 30.4. The zero-order chi connectivity index (χ0) is 27.0. The first kappa shape index (κ1) is 26.0. The number of pyridine rings is 2. The van der Waals surface area contributed by atoms with Crippen molar-refractivity contribution in [3.8, 4) is 22.9 Å². The van der Waals surface area contributed by atoms with Crippen LogP contribution in [0.15, 0.2) is 41.0 Å². The maximum absolute atomic E-state index is 15.0. The first-order valence-corrected chi connectivity index (χ1v) is 13.2. The molecule has 0 aliphatic heterocycles. The summed E-state index contributed by atoms with van der Waals surface area (Å²) in [6, 6.07) is 8.91. The lowest BCUT2D eigenvalue weighted by molar-refractivity contribution is 0.102. The van der Waals surface area contributed by atoms with Gasteiger partial charge in [0.2, 0.25) is 5.13 Å². The standard InChI is InChI=1S/C25H18ClFN6O3S2/c1-11-5-15(19-17(36-2)10-30-22(26)20(19)27)16(9-29-11)23(35)31-24-32-33-25(38-24)37-18-7-13-6-12(8-28)3-4-14(13)21(18)34/h3-6,9-10,18,21,34H,7H2,1-2H3,(H,31,32,35)/t18-,21-/m1/s1. The quantitative estimate of drug-likeness (QED) is 0.244. The number of methoxy groups -OCH3 is 1. The number of aryl methyl sites for hydroxylation is 1. The Hall–Kier alpha value is -3.63. The summed E-state index contributed by atoms with van der Waals surface area (Å²) in [5.74, 6) is -1.29. The molecule has 9 nitrogen and oxygen atoms in total. The van der Waals surface area contributed by atoms with Crippen molar-refractivity contribution >= 4 is 45.7 Å². The first-order valence-electron chi connectivity index (χ1n) is 11.2. The molecule has 0 fully saturated rings. The number of hydrogen-bond acceptors (Lipinski definition) is 10. The molecule has 3 aromatic heterocycles. The summed E-state index contributed by atoms with van der Waals surface area (Å²) in [6.07, 6.45) is 2.47. The molecule has 4 aromatic rings. The molecule has 1 aliphatic carbocycles. The van der Waals surface area contributed by atoms with Gasteiger partial charge < -0.3 is 9.84 Å². The topological polar surface area (TPSA) is 134 Å². The van der Waals surface area contributed by atoms with Crippen LogP contribution in [0.3, 0.4) is 0 Å². The summed E-state index contributed by atoms with van der Waals surface area (Å²) in [6.45, 7) is 1.71. The smallest absolute Gasteiger partial charge is 0.259 e. The predicted octanol–water partition coefficient (Wildman–Crippen LogP) is 4.98. The van der Waals surface area contributed by atoms with Crippen LogP contribution in [0.4, 0.5) is 9.52 Å². The minimum Gasteiger partial charge on any atom is -0.494 e. The van der Waals surface area contributed by atoms with Crippen molar-refractivity contribution in [2.24, 2.45) is 0 Å². The van der Waals surface area contributed by atoms with Gasteiger partial charge in [-0.1, -0.05) is 40.8 Å². The van der Waals surface area contributed by atoms with Crippen LogP contribution in [0.25, 0.3) is 11.1 Å². The van der Waals surface area contributed by atoms with E-state index in [-0.39, 0.29) is 38.0 Å². The number of anilines is 1. The Morgan fingerprint density at radius 1 is 1.32 bits per heavy atom. The van der Waals surface area contributed by atoms with Crippen LogP contribution in [-0.4, -0.2) is 43.5 Å². The van der Waals surface area contributed by atoms with E-state index in [1.165, 1.54) is 31.3 Å². The highest BCUT2D eigenvalue weighted by Gasteiger charge is 2.33. The Labute approximate surface area is 229 Å². The zero-order valence-electron chi connectivity index (χ0n) is 19.9. The Kier molecular flexibility index (Phi) is 7.27. The fourth-order valence-corrected chi connectivity index (χ4v) is 6.48. The largest absolute Gasteiger partial charge is 0.494 e. The van der Waals surface area contributed by atoms with E-state index in [0.29, 0.717) is 22.0 Å². The number of benzene rings is 1. The third-order valence-corrected chi connectivity index (χ3v) is 8.41. The number of nitrogens with one attached hydrogen (secondary N) is 1. The van der Waals surface area contributed by atoms with E-state index in [1.807, 2.05) is 0 Å². The minimum absolute atomic E-state index is 0.00833. The van der Waals surface area contributed by atoms with Crippen molar-refractivity contribution in [1.82, 2.24) is 20.2 Å². The molecule has 0 bridgehead atoms. The zero-order valence-corrected chi connectivity index (χ0v) is 22.3. The van der Waals surface area contributed by atoms with Crippen LogP contribution in [0.5, 0.6) is 5.75 Å². The average molecular weight is 569 g/mol. The number of thioether (sulfide) groups is 1. The Morgan fingerprint density at radius 3 is 2.89 bits per heavy atom. The number of nitrogens with zero attached hydrogens (tertiary/aromatic N) is 5. The summed E-state index contributed by atoms with van der Waals surface area (Å²) in [4.78, 5) is 21.2. The van der Waals surface area contributed by atoms with Gasteiger partial charge in [0.15, 0.2) is 15.3 Å². The summed E-state index contributed by atoms with van der Waals surface area (Å²) >= 11 is 8.40. The molecule has 3 heterocycles. The van der Waals surface area contributed by atoms with Gasteiger partial charge in [0.25, 0.3) is 5.91 Å². The van der Waals surface area contributed by atoms with Crippen LogP contribution in [0.2, 0.25) is 5.15 Å². The average Bonchev–Trinajstić information content (AvgIpc) is 3.48. The van der Waals surface area contributed by atoms with Gasteiger partial charge in [0.1, 0.15) is 5.75 Å². The van der Waals surface area contributed by atoms with Crippen molar-refractivity contribution in [2.45, 2.75) is 29.0 Å². The monoisotopic (exact) mass is 568 g/mol. The van der Waals surface area contributed by atoms with Gasteiger partial charge in [-0.2, -0.15) is 5.26 Å². The number of nitriles is 1. The Balaban J connectivity index is 1.36. The van der Waals surface area contributed by atoms with E-state index in [2.05, 4.69) is 31.6 Å². The van der Waals surface area contributed by atoms with Gasteiger partial charge in [0.05, 0.1) is 42.2 Å². The molecule has 13 heteroatoms. The third-order valence-electron chi connectivity index (χ3n) is 5.96. The second-order valence-electron chi connectivity index (χ2n) is 8.34. The molecule has 0 spiro atoms. The molecule has 1 aromatic carbocycles. The van der Waals surface area contributed by atoms with Crippen LogP contribution < -0.4 is 10.1 Å². The Bertz CT molecular complexity index is 1610. The summed E-state index contributed by atoms with van der Waals surface area (Å²) < 4.78 is 20.8. The molecule has 2 N–H and O–H groups in total. The van der Waals surface area contributed by atoms with Crippen molar-refractivity contribution < 1.29 is 19.0 Å². The summed E-state index contributed by atoms with van der Waals surface area (Å²) in [7, 11) is 1.37. The number of aliphatic hydroxyl groups is 1. The van der Waals surface area contributed by atoms with Crippen LogP contribution >= 0.6 is 34.7 Å². The third kappa shape index (κ3) is 4.93. The van der Waals surface area contributed by atoms with Gasteiger partial charge >= 0.3 is 0 Å². The van der Waals surface area contributed by atoms with E-state index in [4.69, 9.17) is 21.6 Å². The molecular weight excluding hydrogens is 551 g/mol. The van der Waals surface area contributed by atoms with Gasteiger partial charge in [-0.25, -0.2) is 9.37 Å². The van der Waals surface area contributed by atoms with Crippen molar-refractivity contribution in [1.29, 1.82) is 5.26 Å². The maximum Gasteiger partial charge on any atom is 0.259 e. The highest BCUT2D eigenvalue weighted by molar-refractivity contribution is 8.01. The van der Waals surface area contributed by atoms with E-state index in [1.54, 1.807) is 31.2 Å². The number of rotatable bonds is 6. The first-order chi connectivity index (χ1) is 18.3. The fourth-order valence-electron chi connectivity index (χ4n) is 4.18. The molecule has 38 heavy (non-hydrogen) atoms. The second kappa shape index (κ2) is 10.6. The fraction of sp³-hybridized carbons (Fsp3) is 0.200. The molecule has 0 saturated carbocycles. The number of fused-ring (bicyclic) bond motifs is 1. The molecule has 2 atom stereocenters. The van der Waals surface area contributed by atoms with Gasteiger partial charge in [-0.3, -0.25) is 15.1 Å². The van der Waals surface area contributed by atoms with Gasteiger partial charge in [-0.05, 0) is 42.7 Å². The number of carbonyl (C=O) groups is 1. The maximum atomic E-state index is 15.0. The van der Waals surface area contributed by atoms with Crippen LogP contribution in [0.1, 0.15) is 38.8 Å². The number of hydrogen-bond donors (Lipinski definition) is 2. The number of halogens is 2. The SMILES string of the molecule is COc1cnc(Cl)c(F)c1-c1cc(C)ncc1C(=O)Nc1nnc(S[C@@H]2Cc3cc(C#N)ccc3[C@H]2O)s1. The molecular formula is C25H18ClFN6O3S2. The normalized spacial score (nSPS) is 16.1. The molecule has 1 aliphatic rings. The number of aromatic nitrogens is 4. The lowest BCUT2D eigenvalue weighted by atomic mass is 10.00. The Morgan fingerprint density at radius 2 is 2.13 bits per heavy atom. The minimum atomic E-state index is -0.821. The molecule has 0 unspecified atom stereocenters. The lowest BCUT2D eigenvalue weighted by Gasteiger charge is -2.14. The van der Waals surface area contributed by atoms with E-state index in [0.717, 1.165) is 22.5 Å². The van der Waals surface area contributed by atoms with E-state index in [9.17, 15) is 9.90 Å². The van der Waals surface area contributed by atoms with Crippen molar-refractivity contribution in [3.05, 3.63) is 75.6 Å². The molecule has 0 radical (unpaired) electrons. The van der Waals surface area contributed by atoms with E-state index >= 15 is 4.39 Å². The second-order valence-corrected chi connectivity index (χ2v) is 11.2. The van der Waals surface area contributed by atoms with Crippen LogP contribution in [-0.2, 0) is 6.42 Å².